The molecule has 0 aliphatic rings. The zero-order chi connectivity index (χ0) is 21.3. The summed E-state index contributed by atoms with van der Waals surface area (Å²) in [6.07, 6.45) is 0. The zero-order valence-electron chi connectivity index (χ0n) is 16.5. The van der Waals surface area contributed by atoms with Gasteiger partial charge in [-0.15, -0.1) is 5.10 Å². The Morgan fingerprint density at radius 2 is 1.80 bits per heavy atom. The van der Waals surface area contributed by atoms with Gasteiger partial charge in [-0.2, -0.15) is 0 Å². The van der Waals surface area contributed by atoms with E-state index in [4.69, 9.17) is 0 Å². The molecular weight excluding hydrogens is 382 g/mol. The maximum Gasteiger partial charge on any atom is 0.352 e. The van der Waals surface area contributed by atoms with Gasteiger partial charge >= 0.3 is 5.69 Å². The third kappa shape index (κ3) is 3.75. The number of carbonyl (C=O) groups excluding carboxylic acids is 2. The van der Waals surface area contributed by atoms with Gasteiger partial charge in [-0.25, -0.2) is 18.9 Å². The number of aryl methyl sites for hydroxylation is 1. The predicted molar refractivity (Wildman–Crippen MR) is 112 cm³/mol. The van der Waals surface area contributed by atoms with Crippen molar-refractivity contribution in [3.63, 3.8) is 0 Å². The fourth-order valence-electron chi connectivity index (χ4n) is 3.19. The minimum absolute atomic E-state index is 0.0982. The van der Waals surface area contributed by atoms with Crippen molar-refractivity contribution in [1.82, 2.24) is 19.2 Å². The van der Waals surface area contributed by atoms with Crippen LogP contribution in [0, 0.1) is 6.92 Å². The van der Waals surface area contributed by atoms with E-state index in [1.54, 1.807) is 30.3 Å². The van der Waals surface area contributed by atoms with E-state index in [9.17, 15) is 14.4 Å². The van der Waals surface area contributed by atoms with Gasteiger partial charge in [0.05, 0.1) is 0 Å². The molecule has 0 unspecified atom stereocenters. The van der Waals surface area contributed by atoms with Crippen molar-refractivity contribution in [2.24, 2.45) is 0 Å². The third-order valence-electron chi connectivity index (χ3n) is 4.57. The van der Waals surface area contributed by atoms with Gasteiger partial charge in [0.2, 0.25) is 5.91 Å². The third-order valence-corrected chi connectivity index (χ3v) is 4.57. The number of nitrogens with one attached hydrogen (secondary N) is 1. The van der Waals surface area contributed by atoms with Crippen LogP contribution in [0.15, 0.2) is 65.5 Å². The molecule has 150 valence electrons. The Morgan fingerprint density at radius 1 is 1.03 bits per heavy atom. The first kappa shape index (κ1) is 19.3. The monoisotopic (exact) mass is 401 g/mol. The summed E-state index contributed by atoms with van der Waals surface area (Å²) in [6.45, 7) is 3.01. The number of ketones is 1. The normalized spacial score (nSPS) is 10.9. The molecule has 0 atom stereocenters. The lowest BCUT2D eigenvalue weighted by Gasteiger charge is -2.06. The van der Waals surface area contributed by atoms with E-state index < -0.39 is 11.6 Å². The van der Waals surface area contributed by atoms with Gasteiger partial charge in [-0.3, -0.25) is 9.59 Å². The second-order valence-corrected chi connectivity index (χ2v) is 6.91. The van der Waals surface area contributed by atoms with Crippen LogP contribution in [0.25, 0.3) is 17.0 Å². The molecular formula is C22H19N5O3. The molecule has 2 aromatic carbocycles. The number of hydrogen-bond donors (Lipinski definition) is 1. The van der Waals surface area contributed by atoms with Crippen molar-refractivity contribution in [3.8, 4) is 11.4 Å². The van der Waals surface area contributed by atoms with Crippen LogP contribution in [-0.2, 0) is 11.3 Å². The van der Waals surface area contributed by atoms with Crippen LogP contribution in [0.1, 0.15) is 23.0 Å². The van der Waals surface area contributed by atoms with Crippen molar-refractivity contribution in [2.75, 3.05) is 5.32 Å². The van der Waals surface area contributed by atoms with Crippen molar-refractivity contribution >= 4 is 23.0 Å². The Labute approximate surface area is 171 Å². The molecule has 8 heteroatoms. The molecule has 8 nitrogen and oxygen atoms in total. The highest BCUT2D eigenvalue weighted by atomic mass is 16.2. The van der Waals surface area contributed by atoms with Gasteiger partial charge in [0.25, 0.3) is 0 Å². The molecule has 4 aromatic rings. The Morgan fingerprint density at radius 3 is 2.53 bits per heavy atom. The van der Waals surface area contributed by atoms with E-state index in [-0.39, 0.29) is 12.3 Å². The first-order valence-corrected chi connectivity index (χ1v) is 9.36. The highest BCUT2D eigenvalue weighted by Gasteiger charge is 2.16. The van der Waals surface area contributed by atoms with Crippen LogP contribution in [0.5, 0.6) is 0 Å². The number of aromatic nitrogens is 4. The van der Waals surface area contributed by atoms with Crippen LogP contribution in [0.4, 0.5) is 5.69 Å². The van der Waals surface area contributed by atoms with Crippen LogP contribution < -0.4 is 11.0 Å². The molecule has 0 radical (unpaired) electrons. The second-order valence-electron chi connectivity index (χ2n) is 6.91. The molecule has 2 aromatic heterocycles. The lowest BCUT2D eigenvalue weighted by molar-refractivity contribution is -0.117. The maximum atomic E-state index is 13.0. The SMILES string of the molecule is CC(=O)c1cccc(NC(=O)Cn2nc3cc(C)nc(-c4ccccc4)n3c2=O)c1. The van der Waals surface area contributed by atoms with Gasteiger partial charge in [-0.1, -0.05) is 42.5 Å². The largest absolute Gasteiger partial charge is 0.352 e. The molecule has 1 N–H and O–H groups in total. The van der Waals surface area contributed by atoms with Gasteiger partial charge in [0.1, 0.15) is 12.4 Å². The van der Waals surface area contributed by atoms with Crippen LogP contribution in [0.2, 0.25) is 0 Å². The van der Waals surface area contributed by atoms with Gasteiger partial charge in [-0.05, 0) is 26.0 Å². The molecule has 0 aliphatic heterocycles. The highest BCUT2D eigenvalue weighted by molar-refractivity contribution is 5.97. The molecule has 0 saturated carbocycles. The van der Waals surface area contributed by atoms with E-state index in [1.165, 1.54) is 11.3 Å². The minimum Gasteiger partial charge on any atom is -0.324 e. The molecule has 2 heterocycles. The molecule has 0 spiro atoms. The zero-order valence-corrected chi connectivity index (χ0v) is 16.5. The highest BCUT2D eigenvalue weighted by Crippen LogP contribution is 2.17. The number of hydrogen-bond acceptors (Lipinski definition) is 5. The standard InChI is InChI=1S/C22H19N5O3/c1-14-11-19-25-26(13-20(29)24-18-10-6-9-17(12-18)15(2)28)22(30)27(19)21(23-14)16-7-4-3-5-8-16/h3-12H,13H2,1-2H3,(H,24,29). The molecule has 0 aliphatic carbocycles. The summed E-state index contributed by atoms with van der Waals surface area (Å²) in [7, 11) is 0. The molecule has 0 fully saturated rings. The van der Waals surface area contributed by atoms with Crippen molar-refractivity contribution in [3.05, 3.63) is 82.4 Å². The van der Waals surface area contributed by atoms with Gasteiger partial charge < -0.3 is 5.32 Å². The summed E-state index contributed by atoms with van der Waals surface area (Å²) < 4.78 is 2.50. The quantitative estimate of drug-likeness (QED) is 0.519. The summed E-state index contributed by atoms with van der Waals surface area (Å²) in [6, 6.07) is 17.7. The number of carbonyl (C=O) groups is 2. The average Bonchev–Trinajstić information content (AvgIpc) is 3.03. The van der Waals surface area contributed by atoms with Crippen LogP contribution in [0.3, 0.4) is 0 Å². The number of benzene rings is 2. The minimum atomic E-state index is -0.455. The van der Waals surface area contributed by atoms with Gasteiger partial charge in [0, 0.05) is 28.6 Å². The number of anilines is 1. The van der Waals surface area contributed by atoms with E-state index in [0.29, 0.717) is 28.4 Å². The summed E-state index contributed by atoms with van der Waals surface area (Å²) in [5, 5.41) is 7.00. The number of rotatable bonds is 5. The topological polar surface area (TPSA) is 98.4 Å². The summed E-state index contributed by atoms with van der Waals surface area (Å²) in [5.41, 5.74) is 2.42. The lowest BCUT2D eigenvalue weighted by Crippen LogP contribution is -2.28. The Kier molecular flexibility index (Phi) is 4.97. The summed E-state index contributed by atoms with van der Waals surface area (Å²) in [5.74, 6) is -0.0532. The first-order chi connectivity index (χ1) is 14.4. The van der Waals surface area contributed by atoms with Crippen molar-refractivity contribution in [1.29, 1.82) is 0 Å². The predicted octanol–water partition coefficient (Wildman–Crippen LogP) is 2.71. The average molecular weight is 401 g/mol. The smallest absolute Gasteiger partial charge is 0.324 e. The first-order valence-electron chi connectivity index (χ1n) is 9.36. The van der Waals surface area contributed by atoms with Gasteiger partial charge in [0.15, 0.2) is 11.4 Å². The van der Waals surface area contributed by atoms with E-state index in [2.05, 4.69) is 15.4 Å². The van der Waals surface area contributed by atoms with Crippen LogP contribution in [-0.4, -0.2) is 30.9 Å². The van der Waals surface area contributed by atoms with E-state index in [1.807, 2.05) is 37.3 Å². The fraction of sp³-hybridized carbons (Fsp3) is 0.136. The number of nitrogens with zero attached hydrogens (tertiary/aromatic N) is 4. The van der Waals surface area contributed by atoms with Crippen molar-refractivity contribution in [2.45, 2.75) is 20.4 Å². The number of amides is 1. The molecule has 1 amide bonds. The fourth-order valence-corrected chi connectivity index (χ4v) is 3.19. The second kappa shape index (κ2) is 7.75. The number of fused-ring (bicyclic) bond motifs is 1. The van der Waals surface area contributed by atoms with Crippen molar-refractivity contribution < 1.29 is 9.59 Å². The summed E-state index contributed by atoms with van der Waals surface area (Å²) >= 11 is 0. The molecule has 0 saturated heterocycles. The maximum absolute atomic E-state index is 13.0. The molecule has 30 heavy (non-hydrogen) atoms. The van der Waals surface area contributed by atoms with E-state index in [0.717, 1.165) is 10.2 Å². The lowest BCUT2D eigenvalue weighted by atomic mass is 10.1. The van der Waals surface area contributed by atoms with Crippen LogP contribution >= 0.6 is 0 Å². The summed E-state index contributed by atoms with van der Waals surface area (Å²) in [4.78, 5) is 41.5. The Balaban J connectivity index is 1.66. The van der Waals surface area contributed by atoms with E-state index >= 15 is 0 Å². The Bertz CT molecular complexity index is 1320. The Hall–Kier alpha value is -4.07. The molecule has 0 bridgehead atoms. The number of Topliss-reactive ketones (excluding diaryl/α,β-unsaturated/α-hetero) is 1. The molecule has 4 rings (SSSR count).